The first-order valence-corrected chi connectivity index (χ1v) is 5.64. The van der Waals surface area contributed by atoms with Crippen LogP contribution in [0.5, 0.6) is 0 Å². The molecule has 0 saturated carbocycles. The zero-order valence-corrected chi connectivity index (χ0v) is 9.49. The van der Waals surface area contributed by atoms with Crippen molar-refractivity contribution in [1.29, 1.82) is 0 Å². The van der Waals surface area contributed by atoms with E-state index in [1.807, 2.05) is 0 Å². The number of nitrogens with one attached hydrogen (secondary N) is 1. The van der Waals surface area contributed by atoms with E-state index in [1.165, 1.54) is 0 Å². The van der Waals surface area contributed by atoms with Crippen molar-refractivity contribution in [3.05, 3.63) is 0 Å². The Hall–Kier alpha value is -0.120. The summed E-state index contributed by atoms with van der Waals surface area (Å²) in [6, 6.07) is 0.956. The maximum Gasteiger partial charge on any atom is 0.0565 e. The van der Waals surface area contributed by atoms with E-state index >= 15 is 0 Å². The van der Waals surface area contributed by atoms with Crippen molar-refractivity contribution in [2.75, 3.05) is 6.61 Å². The van der Waals surface area contributed by atoms with E-state index in [-0.39, 0.29) is 6.61 Å². The fourth-order valence-electron chi connectivity index (χ4n) is 2.22. The molecule has 0 aliphatic carbocycles. The molecule has 0 spiro atoms. The van der Waals surface area contributed by atoms with Crippen LogP contribution in [0.15, 0.2) is 0 Å². The smallest absolute Gasteiger partial charge is 0.0565 e. The SMILES string of the molecule is CC1CC(N[C@H](C)CCO)CC(C)O1. The summed E-state index contributed by atoms with van der Waals surface area (Å²) >= 11 is 0. The predicted octanol–water partition coefficient (Wildman–Crippen LogP) is 1.30. The Morgan fingerprint density at radius 2 is 1.93 bits per heavy atom. The standard InChI is InChI=1S/C11H23NO2/c1-8(4-5-13)12-11-6-9(2)14-10(3)7-11/h8-13H,4-7H2,1-3H3/t8-,9?,10?,11?/m1/s1. The molecule has 0 amide bonds. The maximum atomic E-state index is 8.81. The molecule has 0 radical (unpaired) electrons. The lowest BCUT2D eigenvalue weighted by atomic mass is 9.99. The molecule has 3 heteroatoms. The Morgan fingerprint density at radius 3 is 2.43 bits per heavy atom. The van der Waals surface area contributed by atoms with Gasteiger partial charge in [0.1, 0.15) is 0 Å². The number of hydrogen-bond acceptors (Lipinski definition) is 3. The number of aliphatic hydroxyl groups excluding tert-OH is 1. The van der Waals surface area contributed by atoms with Crippen molar-refractivity contribution < 1.29 is 9.84 Å². The molecule has 1 aliphatic heterocycles. The second-order valence-electron chi connectivity index (χ2n) is 4.51. The van der Waals surface area contributed by atoms with Gasteiger partial charge in [-0.15, -0.1) is 0 Å². The van der Waals surface area contributed by atoms with Gasteiger partial charge in [0.25, 0.3) is 0 Å². The van der Waals surface area contributed by atoms with Gasteiger partial charge >= 0.3 is 0 Å². The Morgan fingerprint density at radius 1 is 1.36 bits per heavy atom. The average Bonchev–Trinajstić information content (AvgIpc) is 2.01. The highest BCUT2D eigenvalue weighted by Crippen LogP contribution is 2.19. The molecule has 0 aromatic carbocycles. The molecule has 1 rings (SSSR count). The summed E-state index contributed by atoms with van der Waals surface area (Å²) in [5.74, 6) is 0. The molecule has 2 N–H and O–H groups in total. The van der Waals surface area contributed by atoms with Gasteiger partial charge in [-0.05, 0) is 40.0 Å². The van der Waals surface area contributed by atoms with Gasteiger partial charge in [0.15, 0.2) is 0 Å². The van der Waals surface area contributed by atoms with Gasteiger partial charge in [0.05, 0.1) is 12.2 Å². The van der Waals surface area contributed by atoms with Gasteiger partial charge in [-0.2, -0.15) is 0 Å². The molecule has 84 valence electrons. The highest BCUT2D eigenvalue weighted by molar-refractivity contribution is 4.80. The fourth-order valence-corrected chi connectivity index (χ4v) is 2.22. The molecule has 1 fully saturated rings. The molecule has 0 aromatic rings. The minimum atomic E-state index is 0.266. The highest BCUT2D eigenvalue weighted by atomic mass is 16.5. The normalized spacial score (nSPS) is 35.6. The third-order valence-electron chi connectivity index (χ3n) is 2.78. The van der Waals surface area contributed by atoms with Crippen LogP contribution in [0.1, 0.15) is 40.0 Å². The topological polar surface area (TPSA) is 41.5 Å². The van der Waals surface area contributed by atoms with Gasteiger partial charge < -0.3 is 15.2 Å². The molecule has 2 unspecified atom stereocenters. The molecule has 3 atom stereocenters. The van der Waals surface area contributed by atoms with Crippen molar-refractivity contribution in [3.8, 4) is 0 Å². The van der Waals surface area contributed by atoms with Crippen molar-refractivity contribution >= 4 is 0 Å². The minimum Gasteiger partial charge on any atom is -0.396 e. The molecular weight excluding hydrogens is 178 g/mol. The van der Waals surface area contributed by atoms with E-state index in [0.29, 0.717) is 24.3 Å². The third kappa shape index (κ3) is 3.95. The quantitative estimate of drug-likeness (QED) is 0.720. The number of hydrogen-bond donors (Lipinski definition) is 2. The molecule has 1 saturated heterocycles. The molecule has 3 nitrogen and oxygen atoms in total. The Bertz CT molecular complexity index is 153. The Labute approximate surface area is 86.8 Å². The summed E-state index contributed by atoms with van der Waals surface area (Å²) in [7, 11) is 0. The molecular formula is C11H23NO2. The van der Waals surface area contributed by atoms with Crippen molar-refractivity contribution in [1.82, 2.24) is 5.32 Å². The van der Waals surface area contributed by atoms with Crippen LogP contribution in [-0.2, 0) is 4.74 Å². The lowest BCUT2D eigenvalue weighted by molar-refractivity contribution is -0.0435. The largest absolute Gasteiger partial charge is 0.396 e. The summed E-state index contributed by atoms with van der Waals surface area (Å²) in [6.07, 6.45) is 3.72. The van der Waals surface area contributed by atoms with Gasteiger partial charge in [-0.1, -0.05) is 0 Å². The Kier molecular flexibility index (Phi) is 4.85. The van der Waals surface area contributed by atoms with Crippen LogP contribution in [0.2, 0.25) is 0 Å². The molecule has 0 bridgehead atoms. The molecule has 1 heterocycles. The zero-order chi connectivity index (χ0) is 10.6. The predicted molar refractivity (Wildman–Crippen MR) is 57.3 cm³/mol. The van der Waals surface area contributed by atoms with Crippen LogP contribution < -0.4 is 5.32 Å². The van der Waals surface area contributed by atoms with Crippen LogP contribution in [0.25, 0.3) is 0 Å². The lowest BCUT2D eigenvalue weighted by Crippen LogP contribution is -2.45. The first-order valence-electron chi connectivity index (χ1n) is 5.64. The second-order valence-corrected chi connectivity index (χ2v) is 4.51. The van der Waals surface area contributed by atoms with E-state index in [1.54, 1.807) is 0 Å². The van der Waals surface area contributed by atoms with Gasteiger partial charge in [0.2, 0.25) is 0 Å². The van der Waals surface area contributed by atoms with Gasteiger partial charge in [0, 0.05) is 18.7 Å². The number of aliphatic hydroxyl groups is 1. The van der Waals surface area contributed by atoms with Crippen molar-refractivity contribution in [2.24, 2.45) is 0 Å². The molecule has 14 heavy (non-hydrogen) atoms. The highest BCUT2D eigenvalue weighted by Gasteiger charge is 2.24. The third-order valence-corrected chi connectivity index (χ3v) is 2.78. The molecule has 1 aliphatic rings. The summed E-state index contributed by atoms with van der Waals surface area (Å²) in [4.78, 5) is 0. The second kappa shape index (κ2) is 5.69. The first-order chi connectivity index (χ1) is 6.61. The monoisotopic (exact) mass is 201 g/mol. The molecule has 0 aromatic heterocycles. The van der Waals surface area contributed by atoms with Crippen molar-refractivity contribution in [3.63, 3.8) is 0 Å². The van der Waals surface area contributed by atoms with E-state index in [0.717, 1.165) is 19.3 Å². The summed E-state index contributed by atoms with van der Waals surface area (Å²) < 4.78 is 5.67. The Balaban J connectivity index is 2.29. The summed E-state index contributed by atoms with van der Waals surface area (Å²) in [6.45, 7) is 6.64. The summed E-state index contributed by atoms with van der Waals surface area (Å²) in [5.41, 5.74) is 0. The average molecular weight is 201 g/mol. The van der Waals surface area contributed by atoms with Gasteiger partial charge in [-0.3, -0.25) is 0 Å². The van der Waals surface area contributed by atoms with Crippen LogP contribution in [0.3, 0.4) is 0 Å². The van der Waals surface area contributed by atoms with Crippen LogP contribution in [0.4, 0.5) is 0 Å². The first kappa shape index (κ1) is 12.0. The van der Waals surface area contributed by atoms with Crippen LogP contribution in [-0.4, -0.2) is 36.0 Å². The lowest BCUT2D eigenvalue weighted by Gasteiger charge is -2.34. The summed E-state index contributed by atoms with van der Waals surface area (Å²) in [5, 5.41) is 12.3. The van der Waals surface area contributed by atoms with Gasteiger partial charge in [-0.25, -0.2) is 0 Å². The number of ether oxygens (including phenoxy) is 1. The maximum absolute atomic E-state index is 8.81. The van der Waals surface area contributed by atoms with Crippen LogP contribution in [0, 0.1) is 0 Å². The van der Waals surface area contributed by atoms with E-state index in [2.05, 4.69) is 26.1 Å². The van der Waals surface area contributed by atoms with E-state index in [9.17, 15) is 0 Å². The fraction of sp³-hybridized carbons (Fsp3) is 1.00. The van der Waals surface area contributed by atoms with E-state index in [4.69, 9.17) is 9.84 Å². The number of rotatable bonds is 4. The minimum absolute atomic E-state index is 0.266. The van der Waals surface area contributed by atoms with Crippen LogP contribution >= 0.6 is 0 Å². The van der Waals surface area contributed by atoms with E-state index < -0.39 is 0 Å². The zero-order valence-electron chi connectivity index (χ0n) is 9.49. The van der Waals surface area contributed by atoms with Crippen molar-refractivity contribution in [2.45, 2.75) is 64.3 Å².